The highest BCUT2D eigenvalue weighted by atomic mass is 32.1. The monoisotopic (exact) mass is 325 g/mol. The van der Waals surface area contributed by atoms with Crippen molar-refractivity contribution >= 4 is 23.1 Å². The lowest BCUT2D eigenvalue weighted by Crippen LogP contribution is -2.43. The maximum Gasteiger partial charge on any atom is 0.393 e. The second kappa shape index (κ2) is 7.93. The van der Waals surface area contributed by atoms with Gasteiger partial charge in [0.1, 0.15) is 0 Å². The number of carbonyl (C=O) groups is 1. The Balaban J connectivity index is 2.34. The van der Waals surface area contributed by atoms with Gasteiger partial charge in [0.15, 0.2) is 0 Å². The summed E-state index contributed by atoms with van der Waals surface area (Å²) in [6.45, 7) is 1.42. The molecule has 1 aliphatic rings. The molecule has 0 aliphatic carbocycles. The zero-order valence-corrected chi connectivity index (χ0v) is 13.0. The van der Waals surface area contributed by atoms with Crippen LogP contribution in [0.5, 0.6) is 0 Å². The lowest BCUT2D eigenvalue weighted by Gasteiger charge is -2.33. The molecule has 0 aromatic carbocycles. The average Bonchev–Trinajstić information content (AvgIpc) is 2.41. The molecule has 1 amide bonds. The number of piperidine rings is 1. The van der Waals surface area contributed by atoms with Crippen molar-refractivity contribution in [2.45, 2.75) is 31.9 Å². The smallest absolute Gasteiger partial charge is 0.393 e. The lowest BCUT2D eigenvalue weighted by atomic mass is 9.97. The summed E-state index contributed by atoms with van der Waals surface area (Å²) in [5.74, 6) is -1.37. The number of rotatable bonds is 6. The Morgan fingerprint density at radius 2 is 2.10 bits per heavy atom. The van der Waals surface area contributed by atoms with Gasteiger partial charge < -0.3 is 15.5 Å². The minimum atomic E-state index is -4.14. The van der Waals surface area contributed by atoms with E-state index in [-0.39, 0.29) is 25.3 Å². The molecule has 0 bridgehead atoms. The fourth-order valence-electron chi connectivity index (χ4n) is 2.37. The standard InChI is InChI=1S/C13H22F3N3OS/c1-18(7-4-11(17)21)12(20)5-8-19-6-2-3-10(9-19)13(14,15)16/h10H,2-9H2,1H3,(H2,17,21). The van der Waals surface area contributed by atoms with Crippen LogP contribution in [0.4, 0.5) is 13.2 Å². The number of thiocarbonyl (C=S) groups is 1. The van der Waals surface area contributed by atoms with E-state index in [1.807, 2.05) is 0 Å². The summed E-state index contributed by atoms with van der Waals surface area (Å²) in [5.41, 5.74) is 5.37. The van der Waals surface area contributed by atoms with Crippen LogP contribution in [-0.4, -0.2) is 60.1 Å². The molecule has 1 rings (SSSR count). The van der Waals surface area contributed by atoms with Gasteiger partial charge in [0.25, 0.3) is 0 Å². The summed E-state index contributed by atoms with van der Waals surface area (Å²) in [4.78, 5) is 15.5. The molecule has 1 fully saturated rings. The van der Waals surface area contributed by atoms with Crippen molar-refractivity contribution in [1.82, 2.24) is 9.80 Å². The topological polar surface area (TPSA) is 49.6 Å². The minimum Gasteiger partial charge on any atom is -0.393 e. The molecule has 122 valence electrons. The lowest BCUT2D eigenvalue weighted by molar-refractivity contribution is -0.186. The Morgan fingerprint density at radius 3 is 2.67 bits per heavy atom. The molecule has 21 heavy (non-hydrogen) atoms. The molecule has 8 heteroatoms. The molecule has 1 aliphatic heterocycles. The van der Waals surface area contributed by atoms with Crippen molar-refractivity contribution < 1.29 is 18.0 Å². The van der Waals surface area contributed by atoms with E-state index in [4.69, 9.17) is 18.0 Å². The van der Waals surface area contributed by atoms with Crippen LogP contribution in [0.3, 0.4) is 0 Å². The Labute approximate surface area is 128 Å². The molecule has 2 N–H and O–H groups in total. The Kier molecular flexibility index (Phi) is 6.86. The number of alkyl halides is 3. The second-order valence-electron chi connectivity index (χ2n) is 5.46. The fraction of sp³-hybridized carbons (Fsp3) is 0.846. The van der Waals surface area contributed by atoms with Gasteiger partial charge in [-0.1, -0.05) is 12.2 Å². The maximum atomic E-state index is 12.7. The number of amides is 1. The molecule has 0 aromatic heterocycles. The van der Waals surface area contributed by atoms with Crippen LogP contribution < -0.4 is 5.73 Å². The first-order valence-corrected chi connectivity index (χ1v) is 7.42. The normalized spacial score (nSPS) is 20.3. The molecule has 1 heterocycles. The first-order chi connectivity index (χ1) is 9.70. The Bertz CT molecular complexity index is 376. The highest BCUT2D eigenvalue weighted by Gasteiger charge is 2.41. The Morgan fingerprint density at radius 1 is 1.43 bits per heavy atom. The van der Waals surface area contributed by atoms with Crippen LogP contribution in [0, 0.1) is 5.92 Å². The van der Waals surface area contributed by atoms with Crippen molar-refractivity contribution in [2.75, 3.05) is 33.2 Å². The van der Waals surface area contributed by atoms with Crippen molar-refractivity contribution in [1.29, 1.82) is 0 Å². The molecule has 1 saturated heterocycles. The van der Waals surface area contributed by atoms with Crippen LogP contribution in [0.25, 0.3) is 0 Å². The predicted molar refractivity (Wildman–Crippen MR) is 78.9 cm³/mol. The number of nitrogens with two attached hydrogens (primary N) is 1. The number of nitrogens with zero attached hydrogens (tertiary/aromatic N) is 2. The van der Waals surface area contributed by atoms with Gasteiger partial charge in [-0.05, 0) is 19.4 Å². The van der Waals surface area contributed by atoms with Gasteiger partial charge >= 0.3 is 6.18 Å². The van der Waals surface area contributed by atoms with E-state index in [9.17, 15) is 18.0 Å². The Hall–Kier alpha value is -0.890. The van der Waals surface area contributed by atoms with Crippen LogP contribution in [0.1, 0.15) is 25.7 Å². The molecule has 1 unspecified atom stereocenters. The van der Waals surface area contributed by atoms with Gasteiger partial charge in [-0.25, -0.2) is 0 Å². The van der Waals surface area contributed by atoms with E-state index >= 15 is 0 Å². The largest absolute Gasteiger partial charge is 0.393 e. The van der Waals surface area contributed by atoms with Crippen molar-refractivity contribution in [2.24, 2.45) is 11.7 Å². The van der Waals surface area contributed by atoms with E-state index in [2.05, 4.69) is 0 Å². The second-order valence-corrected chi connectivity index (χ2v) is 5.99. The maximum absolute atomic E-state index is 12.7. The predicted octanol–water partition coefficient (Wildman–Crippen LogP) is 1.79. The van der Waals surface area contributed by atoms with Crippen molar-refractivity contribution in [3.05, 3.63) is 0 Å². The third-order valence-corrected chi connectivity index (χ3v) is 3.93. The number of likely N-dealkylation sites (tertiary alicyclic amines) is 1. The van der Waals surface area contributed by atoms with Gasteiger partial charge in [-0.15, -0.1) is 0 Å². The average molecular weight is 325 g/mol. The molecule has 1 atom stereocenters. The van der Waals surface area contributed by atoms with Crippen molar-refractivity contribution in [3.63, 3.8) is 0 Å². The molecule has 0 saturated carbocycles. The van der Waals surface area contributed by atoms with E-state index in [0.717, 1.165) is 0 Å². The van der Waals surface area contributed by atoms with Crippen molar-refractivity contribution in [3.8, 4) is 0 Å². The van der Waals surface area contributed by atoms with Crippen LogP contribution in [0.15, 0.2) is 0 Å². The highest BCUT2D eigenvalue weighted by molar-refractivity contribution is 7.80. The van der Waals surface area contributed by atoms with E-state index in [1.54, 1.807) is 11.9 Å². The SMILES string of the molecule is CN(CCC(N)=S)C(=O)CCN1CCCC(C(F)(F)F)C1. The zero-order chi connectivity index (χ0) is 16.0. The molecule has 4 nitrogen and oxygen atoms in total. The molecule has 0 aromatic rings. The highest BCUT2D eigenvalue weighted by Crippen LogP contribution is 2.33. The number of hydrogen-bond acceptors (Lipinski definition) is 3. The third-order valence-electron chi connectivity index (χ3n) is 3.73. The summed E-state index contributed by atoms with van der Waals surface area (Å²) in [6.07, 6.45) is -2.76. The summed E-state index contributed by atoms with van der Waals surface area (Å²) in [7, 11) is 1.65. The first kappa shape index (κ1) is 18.2. The third kappa shape index (κ3) is 6.60. The van der Waals surface area contributed by atoms with Gasteiger partial charge in [0.05, 0.1) is 10.9 Å². The zero-order valence-electron chi connectivity index (χ0n) is 12.2. The summed E-state index contributed by atoms with van der Waals surface area (Å²) in [6, 6.07) is 0. The summed E-state index contributed by atoms with van der Waals surface area (Å²) >= 11 is 4.74. The van der Waals surface area contributed by atoms with E-state index in [1.165, 1.54) is 4.90 Å². The molecule has 0 spiro atoms. The van der Waals surface area contributed by atoms with Gasteiger partial charge in [0, 0.05) is 39.5 Å². The molecule has 0 radical (unpaired) electrons. The van der Waals surface area contributed by atoms with Gasteiger partial charge in [-0.3, -0.25) is 4.79 Å². The van der Waals surface area contributed by atoms with Crippen LogP contribution >= 0.6 is 12.2 Å². The molecular formula is C13H22F3N3OS. The fourth-order valence-corrected chi connectivity index (χ4v) is 2.46. The number of carbonyl (C=O) groups excluding carboxylic acids is 1. The van der Waals surface area contributed by atoms with Gasteiger partial charge in [-0.2, -0.15) is 13.2 Å². The van der Waals surface area contributed by atoms with E-state index in [0.29, 0.717) is 37.5 Å². The van der Waals surface area contributed by atoms with Gasteiger partial charge in [0.2, 0.25) is 5.91 Å². The first-order valence-electron chi connectivity index (χ1n) is 7.01. The number of halogens is 3. The molecular weight excluding hydrogens is 303 g/mol. The summed E-state index contributed by atoms with van der Waals surface area (Å²) in [5, 5.41) is 0. The quantitative estimate of drug-likeness (QED) is 0.757. The van der Waals surface area contributed by atoms with E-state index < -0.39 is 12.1 Å². The summed E-state index contributed by atoms with van der Waals surface area (Å²) < 4.78 is 38.1. The number of hydrogen-bond donors (Lipinski definition) is 1. The minimum absolute atomic E-state index is 0.00657. The van der Waals surface area contributed by atoms with Crippen LogP contribution in [0.2, 0.25) is 0 Å². The van der Waals surface area contributed by atoms with Crippen LogP contribution in [-0.2, 0) is 4.79 Å².